The van der Waals surface area contributed by atoms with Crippen molar-refractivity contribution >= 4 is 0 Å². The van der Waals surface area contributed by atoms with E-state index in [4.69, 9.17) is 5.26 Å². The van der Waals surface area contributed by atoms with Gasteiger partial charge >= 0.3 is 0 Å². The zero-order valence-electron chi connectivity index (χ0n) is 12.0. The minimum atomic E-state index is 0.373. The van der Waals surface area contributed by atoms with E-state index in [1.165, 1.54) is 17.5 Å². The van der Waals surface area contributed by atoms with Gasteiger partial charge in [0.05, 0.1) is 12.5 Å². The molecule has 1 atom stereocenters. The van der Waals surface area contributed by atoms with Crippen LogP contribution in [-0.4, -0.2) is 42.5 Å². The molecule has 1 heterocycles. The summed E-state index contributed by atoms with van der Waals surface area (Å²) in [6.45, 7) is 6.33. The molecule has 0 spiro atoms. The minimum Gasteiger partial charge on any atom is -0.301 e. The van der Waals surface area contributed by atoms with Gasteiger partial charge in [-0.05, 0) is 39.0 Å². The third kappa shape index (κ3) is 4.05. The molecule has 1 aromatic rings. The quantitative estimate of drug-likeness (QED) is 0.833. The van der Waals surface area contributed by atoms with Gasteiger partial charge in [0.1, 0.15) is 0 Å². The van der Waals surface area contributed by atoms with Gasteiger partial charge in [0.25, 0.3) is 0 Å². The van der Waals surface area contributed by atoms with E-state index in [0.29, 0.717) is 12.5 Å². The van der Waals surface area contributed by atoms with Crippen LogP contribution in [0.5, 0.6) is 0 Å². The Balaban J connectivity index is 1.99. The highest BCUT2D eigenvalue weighted by atomic mass is 15.2. The number of hydrogen-bond donors (Lipinski definition) is 0. The van der Waals surface area contributed by atoms with Gasteiger partial charge in [-0.2, -0.15) is 5.26 Å². The van der Waals surface area contributed by atoms with Crippen LogP contribution < -0.4 is 0 Å². The number of hydrogen-bond acceptors (Lipinski definition) is 3. The van der Waals surface area contributed by atoms with Gasteiger partial charge in [-0.25, -0.2) is 0 Å². The van der Waals surface area contributed by atoms with Crippen molar-refractivity contribution in [3.05, 3.63) is 35.4 Å². The summed E-state index contributed by atoms with van der Waals surface area (Å²) in [7, 11) is 2.14. The average molecular weight is 257 g/mol. The van der Waals surface area contributed by atoms with Gasteiger partial charge in [-0.1, -0.05) is 29.8 Å². The highest BCUT2D eigenvalue weighted by Crippen LogP contribution is 2.14. The molecule has 0 aromatic heterocycles. The second kappa shape index (κ2) is 6.70. The predicted molar refractivity (Wildman–Crippen MR) is 77.7 cm³/mol. The van der Waals surface area contributed by atoms with E-state index in [1.807, 2.05) is 0 Å². The smallest absolute Gasteiger partial charge is 0.0638 e. The van der Waals surface area contributed by atoms with E-state index in [0.717, 1.165) is 26.2 Å². The molecule has 0 aliphatic carbocycles. The summed E-state index contributed by atoms with van der Waals surface area (Å²) in [6.07, 6.45) is 1.81. The molecule has 0 radical (unpaired) electrons. The van der Waals surface area contributed by atoms with Crippen molar-refractivity contribution < 1.29 is 0 Å². The Hall–Kier alpha value is -1.37. The molecule has 1 saturated heterocycles. The fraction of sp³-hybridized carbons (Fsp3) is 0.562. The lowest BCUT2D eigenvalue weighted by molar-refractivity contribution is 0.205. The van der Waals surface area contributed by atoms with Crippen molar-refractivity contribution in [2.75, 3.05) is 26.7 Å². The molecular weight excluding hydrogens is 234 g/mol. The number of nitrogens with zero attached hydrogens (tertiary/aromatic N) is 3. The number of benzene rings is 1. The van der Waals surface area contributed by atoms with Crippen LogP contribution in [0.25, 0.3) is 0 Å². The van der Waals surface area contributed by atoms with Gasteiger partial charge in [0.2, 0.25) is 0 Å². The molecule has 3 heteroatoms. The summed E-state index contributed by atoms with van der Waals surface area (Å²) < 4.78 is 0. The Kier molecular flexibility index (Phi) is 4.95. The molecule has 0 amide bonds. The average Bonchev–Trinajstić information content (AvgIpc) is 2.56. The molecule has 1 fully saturated rings. The van der Waals surface area contributed by atoms with E-state index >= 15 is 0 Å². The lowest BCUT2D eigenvalue weighted by Crippen LogP contribution is -2.38. The van der Waals surface area contributed by atoms with Gasteiger partial charge < -0.3 is 4.90 Å². The van der Waals surface area contributed by atoms with Crippen molar-refractivity contribution in [2.24, 2.45) is 0 Å². The van der Waals surface area contributed by atoms with Crippen LogP contribution in [0, 0.1) is 18.3 Å². The van der Waals surface area contributed by atoms with Crippen molar-refractivity contribution in [1.29, 1.82) is 5.26 Å². The fourth-order valence-electron chi connectivity index (χ4n) is 2.68. The maximum Gasteiger partial charge on any atom is 0.0638 e. The van der Waals surface area contributed by atoms with Crippen LogP contribution in [0.4, 0.5) is 0 Å². The molecule has 3 nitrogen and oxygen atoms in total. The van der Waals surface area contributed by atoms with Crippen LogP contribution in [0.3, 0.4) is 0 Å². The lowest BCUT2D eigenvalue weighted by Gasteiger charge is -2.27. The number of rotatable bonds is 3. The first-order valence-corrected chi connectivity index (χ1v) is 7.04. The van der Waals surface area contributed by atoms with Crippen LogP contribution in [0.2, 0.25) is 0 Å². The molecule has 2 rings (SSSR count). The molecule has 102 valence electrons. The summed E-state index contributed by atoms with van der Waals surface area (Å²) >= 11 is 0. The predicted octanol–water partition coefficient (Wildman–Crippen LogP) is 2.41. The van der Waals surface area contributed by atoms with Crippen LogP contribution in [0.1, 0.15) is 24.0 Å². The first-order chi connectivity index (χ1) is 9.19. The zero-order valence-corrected chi connectivity index (χ0v) is 12.0. The van der Waals surface area contributed by atoms with E-state index in [1.54, 1.807) is 0 Å². The number of aryl methyl sites for hydroxylation is 1. The Bertz CT molecular complexity index is 432. The highest BCUT2D eigenvalue weighted by molar-refractivity contribution is 5.21. The second-order valence-electron chi connectivity index (χ2n) is 5.57. The van der Waals surface area contributed by atoms with Crippen molar-refractivity contribution in [3.8, 4) is 6.07 Å². The van der Waals surface area contributed by atoms with E-state index in [9.17, 15) is 0 Å². The SMILES string of the molecule is Cc1ccc(CN2CCCN(C)C(CC#N)C2)cc1. The molecule has 0 N–H and O–H groups in total. The third-order valence-electron chi connectivity index (χ3n) is 3.93. The standard InChI is InChI=1S/C16H23N3/c1-14-4-6-15(7-5-14)12-19-11-3-10-18(2)16(13-19)8-9-17/h4-7,16H,3,8,10-13H2,1-2H3. The number of likely N-dealkylation sites (N-methyl/N-ethyl adjacent to an activating group) is 1. The first kappa shape index (κ1) is 14.0. The molecular formula is C16H23N3. The molecule has 1 aliphatic heterocycles. The van der Waals surface area contributed by atoms with E-state index in [-0.39, 0.29) is 0 Å². The Morgan fingerprint density at radius 1 is 1.26 bits per heavy atom. The summed E-state index contributed by atoms with van der Waals surface area (Å²) in [5.74, 6) is 0. The second-order valence-corrected chi connectivity index (χ2v) is 5.57. The summed E-state index contributed by atoms with van der Waals surface area (Å²) in [5, 5.41) is 8.94. The van der Waals surface area contributed by atoms with Crippen LogP contribution >= 0.6 is 0 Å². The zero-order chi connectivity index (χ0) is 13.7. The molecule has 1 unspecified atom stereocenters. The molecule has 1 aromatic carbocycles. The van der Waals surface area contributed by atoms with E-state index < -0.39 is 0 Å². The van der Waals surface area contributed by atoms with Gasteiger partial charge in [-0.15, -0.1) is 0 Å². The Morgan fingerprint density at radius 2 is 2.00 bits per heavy atom. The molecule has 1 aliphatic rings. The largest absolute Gasteiger partial charge is 0.301 e. The molecule has 19 heavy (non-hydrogen) atoms. The maximum atomic E-state index is 8.94. The fourth-order valence-corrected chi connectivity index (χ4v) is 2.68. The summed E-state index contributed by atoms with van der Waals surface area (Å²) in [6, 6.07) is 11.5. The van der Waals surface area contributed by atoms with E-state index in [2.05, 4.69) is 54.1 Å². The molecule has 0 bridgehead atoms. The first-order valence-electron chi connectivity index (χ1n) is 7.04. The Labute approximate surface area is 116 Å². The van der Waals surface area contributed by atoms with Crippen LogP contribution in [0.15, 0.2) is 24.3 Å². The topological polar surface area (TPSA) is 30.3 Å². The Morgan fingerprint density at radius 3 is 2.68 bits per heavy atom. The van der Waals surface area contributed by atoms with Gasteiger partial charge in [0.15, 0.2) is 0 Å². The van der Waals surface area contributed by atoms with Gasteiger partial charge in [0, 0.05) is 19.1 Å². The normalized spacial score (nSPS) is 21.8. The van der Waals surface area contributed by atoms with Crippen molar-refractivity contribution in [1.82, 2.24) is 9.80 Å². The maximum absolute atomic E-state index is 8.94. The van der Waals surface area contributed by atoms with Crippen molar-refractivity contribution in [2.45, 2.75) is 32.4 Å². The minimum absolute atomic E-state index is 0.373. The molecule has 0 saturated carbocycles. The van der Waals surface area contributed by atoms with Crippen molar-refractivity contribution in [3.63, 3.8) is 0 Å². The lowest BCUT2D eigenvalue weighted by atomic mass is 10.1. The third-order valence-corrected chi connectivity index (χ3v) is 3.93. The summed E-state index contributed by atoms with van der Waals surface area (Å²) in [4.78, 5) is 4.81. The van der Waals surface area contributed by atoms with Crippen LogP contribution in [-0.2, 0) is 6.54 Å². The summed E-state index contributed by atoms with van der Waals surface area (Å²) in [5.41, 5.74) is 2.67. The van der Waals surface area contributed by atoms with Gasteiger partial charge in [-0.3, -0.25) is 4.90 Å². The number of nitriles is 1. The highest BCUT2D eigenvalue weighted by Gasteiger charge is 2.21. The monoisotopic (exact) mass is 257 g/mol.